The van der Waals surface area contributed by atoms with Gasteiger partial charge in [0.2, 0.25) is 0 Å². The van der Waals surface area contributed by atoms with Crippen molar-refractivity contribution in [3.63, 3.8) is 0 Å². The van der Waals surface area contributed by atoms with Gasteiger partial charge in [-0.25, -0.2) is 4.98 Å². The zero-order chi connectivity index (χ0) is 23.0. The van der Waals surface area contributed by atoms with Crippen molar-refractivity contribution < 1.29 is 0 Å². The maximum atomic E-state index is 6.23. The third-order valence-corrected chi connectivity index (χ3v) is 5.34. The lowest BCUT2D eigenvalue weighted by Crippen LogP contribution is -2.12. The molecule has 1 aromatic carbocycles. The minimum atomic E-state index is 0.593. The minimum Gasteiger partial charge on any atom is -0.397 e. The van der Waals surface area contributed by atoms with Crippen LogP contribution in [0.2, 0.25) is 0 Å². The molecular weight excluding hydrogens is 408 g/mol. The molecule has 0 unspecified atom stereocenters. The van der Waals surface area contributed by atoms with Crippen LogP contribution in [-0.4, -0.2) is 19.9 Å². The van der Waals surface area contributed by atoms with Gasteiger partial charge in [0.15, 0.2) is 0 Å². The fraction of sp³-hybridized carbons (Fsp3) is 0.148. The van der Waals surface area contributed by atoms with Gasteiger partial charge in [-0.15, -0.1) is 0 Å². The lowest BCUT2D eigenvalue weighted by molar-refractivity contribution is 0.691. The maximum absolute atomic E-state index is 6.23. The van der Waals surface area contributed by atoms with Crippen LogP contribution in [0.5, 0.6) is 0 Å². The largest absolute Gasteiger partial charge is 0.397 e. The van der Waals surface area contributed by atoms with Crippen LogP contribution in [0.4, 0.5) is 5.69 Å². The van der Waals surface area contributed by atoms with Gasteiger partial charge in [0.25, 0.3) is 0 Å². The third kappa shape index (κ3) is 5.81. The quantitative estimate of drug-likeness (QED) is 0.327. The summed E-state index contributed by atoms with van der Waals surface area (Å²) in [6, 6.07) is 14.5. The molecule has 0 saturated carbocycles. The van der Waals surface area contributed by atoms with Gasteiger partial charge in [0, 0.05) is 43.2 Å². The molecule has 3 heterocycles. The molecule has 0 aliphatic carbocycles. The van der Waals surface area contributed by atoms with Crippen molar-refractivity contribution in [2.75, 3.05) is 5.73 Å². The van der Waals surface area contributed by atoms with E-state index in [0.29, 0.717) is 12.1 Å². The van der Waals surface area contributed by atoms with E-state index in [0.717, 1.165) is 52.7 Å². The number of aromatic nitrogens is 4. The van der Waals surface area contributed by atoms with Crippen LogP contribution in [0.1, 0.15) is 33.9 Å². The summed E-state index contributed by atoms with van der Waals surface area (Å²) in [7, 11) is 0. The monoisotopic (exact) mass is 436 g/mol. The Kier molecular flexibility index (Phi) is 7.07. The van der Waals surface area contributed by atoms with Crippen LogP contribution in [0.3, 0.4) is 0 Å². The van der Waals surface area contributed by atoms with Crippen molar-refractivity contribution in [3.8, 4) is 11.3 Å². The molecule has 3 aromatic heterocycles. The number of anilines is 1. The number of allylic oxidation sites excluding steroid dienone is 2. The second kappa shape index (κ2) is 10.5. The van der Waals surface area contributed by atoms with Gasteiger partial charge in [-0.05, 0) is 41.8 Å². The molecule has 4 N–H and O–H groups in total. The average molecular weight is 437 g/mol. The second-order valence-electron chi connectivity index (χ2n) is 7.90. The van der Waals surface area contributed by atoms with Gasteiger partial charge in [-0.2, -0.15) is 0 Å². The predicted octanol–water partition coefficient (Wildman–Crippen LogP) is 4.84. The van der Waals surface area contributed by atoms with Crippen LogP contribution in [0.25, 0.3) is 17.3 Å². The Balaban J connectivity index is 1.48. The maximum Gasteiger partial charge on any atom is 0.111 e. The van der Waals surface area contributed by atoms with Crippen LogP contribution in [0, 0.1) is 6.92 Å². The second-order valence-corrected chi connectivity index (χ2v) is 7.90. The van der Waals surface area contributed by atoms with E-state index in [1.807, 2.05) is 55.7 Å². The van der Waals surface area contributed by atoms with Crippen molar-refractivity contribution in [3.05, 3.63) is 114 Å². The van der Waals surface area contributed by atoms with Crippen LogP contribution >= 0.6 is 0 Å². The molecule has 6 heteroatoms. The highest BCUT2D eigenvalue weighted by Crippen LogP contribution is 2.23. The molecule has 6 nitrogen and oxygen atoms in total. The van der Waals surface area contributed by atoms with Crippen LogP contribution in [-0.2, 0) is 19.5 Å². The summed E-state index contributed by atoms with van der Waals surface area (Å²) in [5.74, 6) is 0.858. The summed E-state index contributed by atoms with van der Waals surface area (Å²) < 4.78 is 0. The highest BCUT2D eigenvalue weighted by atomic mass is 14.9. The summed E-state index contributed by atoms with van der Waals surface area (Å²) in [6.45, 7) is 7.25. The smallest absolute Gasteiger partial charge is 0.111 e. The first-order valence-corrected chi connectivity index (χ1v) is 10.9. The van der Waals surface area contributed by atoms with Crippen molar-refractivity contribution in [2.45, 2.75) is 26.4 Å². The lowest BCUT2D eigenvalue weighted by Gasteiger charge is -2.09. The fourth-order valence-corrected chi connectivity index (χ4v) is 3.61. The number of nitrogens with zero attached hydrogens (tertiary/aromatic N) is 3. The highest BCUT2D eigenvalue weighted by molar-refractivity contribution is 5.63. The molecular formula is C27H28N6. The third-order valence-electron chi connectivity index (χ3n) is 5.34. The number of hydrogen-bond donors (Lipinski definition) is 3. The first-order valence-electron chi connectivity index (χ1n) is 10.9. The Morgan fingerprint density at radius 1 is 1.06 bits per heavy atom. The molecule has 0 aliphatic heterocycles. The molecule has 166 valence electrons. The molecule has 0 atom stereocenters. The van der Waals surface area contributed by atoms with E-state index in [4.69, 9.17) is 5.73 Å². The molecule has 0 spiro atoms. The minimum absolute atomic E-state index is 0.593. The average Bonchev–Trinajstić information content (AvgIpc) is 3.18. The summed E-state index contributed by atoms with van der Waals surface area (Å²) >= 11 is 0. The highest BCUT2D eigenvalue weighted by Gasteiger charge is 2.10. The van der Waals surface area contributed by atoms with Crippen LogP contribution < -0.4 is 11.1 Å². The van der Waals surface area contributed by atoms with Crippen molar-refractivity contribution in [2.24, 2.45) is 0 Å². The lowest BCUT2D eigenvalue weighted by atomic mass is 10.1. The first-order chi connectivity index (χ1) is 16.1. The fourth-order valence-electron chi connectivity index (χ4n) is 3.61. The molecule has 0 amide bonds. The number of nitrogens with two attached hydrogens (primary N) is 1. The Bertz CT molecular complexity index is 1260. The number of rotatable bonds is 9. The van der Waals surface area contributed by atoms with Gasteiger partial charge in [-0.3, -0.25) is 9.97 Å². The number of imidazole rings is 1. The molecule has 0 aliphatic rings. The molecule has 4 aromatic rings. The van der Waals surface area contributed by atoms with Gasteiger partial charge < -0.3 is 16.0 Å². The Labute approximate surface area is 194 Å². The van der Waals surface area contributed by atoms with E-state index < -0.39 is 0 Å². The van der Waals surface area contributed by atoms with Crippen molar-refractivity contribution in [1.29, 1.82) is 0 Å². The van der Waals surface area contributed by atoms with E-state index in [9.17, 15) is 0 Å². The molecule has 33 heavy (non-hydrogen) atoms. The first kappa shape index (κ1) is 22.2. The van der Waals surface area contributed by atoms with E-state index in [1.54, 1.807) is 12.3 Å². The Morgan fingerprint density at radius 3 is 2.70 bits per heavy atom. The Hall–Kier alpha value is -4.03. The van der Waals surface area contributed by atoms with Gasteiger partial charge in [-0.1, -0.05) is 49.1 Å². The number of hydrogen-bond acceptors (Lipinski definition) is 5. The Morgan fingerprint density at radius 2 is 1.88 bits per heavy atom. The number of nitrogens with one attached hydrogen (secondary N) is 2. The van der Waals surface area contributed by atoms with Crippen molar-refractivity contribution >= 4 is 11.8 Å². The predicted molar refractivity (Wildman–Crippen MR) is 134 cm³/mol. The van der Waals surface area contributed by atoms with E-state index in [-0.39, 0.29) is 0 Å². The van der Waals surface area contributed by atoms with Crippen molar-refractivity contribution in [1.82, 2.24) is 25.3 Å². The summed E-state index contributed by atoms with van der Waals surface area (Å²) in [4.78, 5) is 17.0. The van der Waals surface area contributed by atoms with Crippen LogP contribution in [0.15, 0.2) is 79.8 Å². The topological polar surface area (TPSA) is 92.5 Å². The van der Waals surface area contributed by atoms with E-state index in [1.165, 1.54) is 5.56 Å². The number of H-pyrrole nitrogens is 1. The number of pyridine rings is 2. The number of aryl methyl sites for hydroxylation is 1. The molecule has 0 saturated heterocycles. The SMILES string of the molecule is C=C/C=C\c1nc(Cc2cc(-c3cncc(CNCc4ccccc4)c3)ncc2N)[nH]c1C. The van der Waals surface area contributed by atoms with Gasteiger partial charge in [0.1, 0.15) is 5.82 Å². The number of nitrogen functional groups attached to an aromatic ring is 1. The summed E-state index contributed by atoms with van der Waals surface area (Å²) in [6.07, 6.45) is 11.6. The summed E-state index contributed by atoms with van der Waals surface area (Å²) in [5.41, 5.74) is 13.9. The molecule has 4 rings (SSSR count). The molecule has 0 radical (unpaired) electrons. The normalized spacial score (nSPS) is 11.2. The van der Waals surface area contributed by atoms with E-state index >= 15 is 0 Å². The molecule has 0 bridgehead atoms. The van der Waals surface area contributed by atoms with E-state index in [2.05, 4.69) is 50.0 Å². The zero-order valence-electron chi connectivity index (χ0n) is 18.8. The molecule has 0 fully saturated rings. The number of benzene rings is 1. The zero-order valence-corrected chi connectivity index (χ0v) is 18.8. The summed E-state index contributed by atoms with van der Waals surface area (Å²) in [5, 5.41) is 3.47. The standard InChI is InChI=1S/C27H28N6/c1-3-4-10-25-19(2)32-27(33-25)13-22-12-26(31-18-24(22)28)23-11-21(16-30-17-23)15-29-14-20-8-6-5-7-9-20/h3-12,16-18,29H,1,13-15,28H2,2H3,(H,32,33)/b10-4-. The van der Waals surface area contributed by atoms with Gasteiger partial charge in [0.05, 0.1) is 23.3 Å². The number of aromatic amines is 1. The van der Waals surface area contributed by atoms with Gasteiger partial charge >= 0.3 is 0 Å².